The number of allylic oxidation sites excluding steroid dienone is 1. The number of methoxy groups -OCH3 is 1. The van der Waals surface area contributed by atoms with Gasteiger partial charge in [-0.15, -0.1) is 18.3 Å². The summed E-state index contributed by atoms with van der Waals surface area (Å²) in [7, 11) is 1.35. The minimum atomic E-state index is -0.399. The number of hydrogen-bond donors (Lipinski definition) is 0. The highest BCUT2D eigenvalue weighted by Gasteiger charge is 2.13. The third-order valence-corrected chi connectivity index (χ3v) is 5.79. The zero-order valence-corrected chi connectivity index (χ0v) is 16.6. The maximum absolute atomic E-state index is 12.8. The molecular weight excluding hydrogens is 380 g/mol. The van der Waals surface area contributed by atoms with E-state index < -0.39 is 5.97 Å². The van der Waals surface area contributed by atoms with Crippen LogP contribution < -0.4 is 4.80 Å². The average Bonchev–Trinajstić information content (AvgIpc) is 3.03. The molecule has 0 N–H and O–H groups in total. The maximum Gasteiger partial charge on any atom is 0.337 e. The highest BCUT2D eigenvalue weighted by atomic mass is 32.2. The summed E-state index contributed by atoms with van der Waals surface area (Å²) in [6.45, 7) is 4.29. The lowest BCUT2D eigenvalue weighted by molar-refractivity contribution is 0.0601. The molecule has 1 heterocycles. The van der Waals surface area contributed by atoms with Gasteiger partial charge < -0.3 is 9.30 Å². The van der Waals surface area contributed by atoms with Crippen molar-refractivity contribution in [1.82, 2.24) is 4.57 Å². The van der Waals surface area contributed by atoms with Crippen LogP contribution in [0.25, 0.3) is 10.2 Å². The van der Waals surface area contributed by atoms with Crippen molar-refractivity contribution in [3.05, 3.63) is 71.0 Å². The van der Waals surface area contributed by atoms with E-state index in [4.69, 9.17) is 4.74 Å². The maximum atomic E-state index is 12.8. The van der Waals surface area contributed by atoms with Crippen molar-refractivity contribution in [2.75, 3.05) is 13.4 Å². The van der Waals surface area contributed by atoms with Crippen molar-refractivity contribution in [2.45, 2.75) is 11.4 Å². The molecule has 0 aliphatic carbocycles. The van der Waals surface area contributed by atoms with Gasteiger partial charge in [0.25, 0.3) is 5.91 Å². The highest BCUT2D eigenvalue weighted by Crippen LogP contribution is 2.22. The summed E-state index contributed by atoms with van der Waals surface area (Å²) in [5.74, 6) is -0.693. The lowest BCUT2D eigenvalue weighted by Crippen LogP contribution is -2.16. The van der Waals surface area contributed by atoms with Crippen LogP contribution >= 0.6 is 23.1 Å². The van der Waals surface area contributed by atoms with E-state index in [-0.39, 0.29) is 5.91 Å². The van der Waals surface area contributed by atoms with E-state index in [2.05, 4.69) is 11.6 Å². The monoisotopic (exact) mass is 398 g/mol. The number of carbonyl (C=O) groups is 2. The number of benzene rings is 2. The Morgan fingerprint density at radius 2 is 2.07 bits per heavy atom. The number of fused-ring (bicyclic) bond motifs is 1. The van der Waals surface area contributed by atoms with Crippen LogP contribution in [0, 0.1) is 0 Å². The highest BCUT2D eigenvalue weighted by molar-refractivity contribution is 7.98. The first-order valence-electron chi connectivity index (χ1n) is 8.13. The lowest BCUT2D eigenvalue weighted by Gasteiger charge is -2.03. The molecule has 0 fully saturated rings. The largest absolute Gasteiger partial charge is 0.465 e. The number of nitrogens with zero attached hydrogens (tertiary/aromatic N) is 2. The molecule has 0 aliphatic heterocycles. The summed E-state index contributed by atoms with van der Waals surface area (Å²) < 4.78 is 7.54. The van der Waals surface area contributed by atoms with Gasteiger partial charge in [0.05, 0.1) is 28.5 Å². The van der Waals surface area contributed by atoms with Gasteiger partial charge in [0.1, 0.15) is 0 Å². The SMILES string of the molecule is C=CCn1c(=NC(=O)c2ccccc2SC)sc2cc(C(=O)OC)ccc21. The van der Waals surface area contributed by atoms with Gasteiger partial charge in [-0.25, -0.2) is 4.79 Å². The molecule has 0 spiro atoms. The Balaban J connectivity index is 2.15. The summed E-state index contributed by atoms with van der Waals surface area (Å²) in [5, 5.41) is 0. The second-order valence-corrected chi connectivity index (χ2v) is 7.43. The van der Waals surface area contributed by atoms with Crippen molar-refractivity contribution in [3.63, 3.8) is 0 Å². The molecule has 0 atom stereocenters. The Kier molecular flexibility index (Phi) is 5.93. The van der Waals surface area contributed by atoms with E-state index in [0.717, 1.165) is 15.1 Å². The van der Waals surface area contributed by atoms with E-state index in [1.54, 1.807) is 24.3 Å². The fraction of sp³-hybridized carbons (Fsp3) is 0.150. The zero-order chi connectivity index (χ0) is 19.4. The molecule has 1 amide bonds. The van der Waals surface area contributed by atoms with Crippen LogP contribution in [0.3, 0.4) is 0 Å². The van der Waals surface area contributed by atoms with Gasteiger partial charge in [0, 0.05) is 11.4 Å². The summed E-state index contributed by atoms with van der Waals surface area (Å²) in [4.78, 5) is 30.4. The number of esters is 1. The fourth-order valence-electron chi connectivity index (χ4n) is 2.68. The van der Waals surface area contributed by atoms with Crippen molar-refractivity contribution in [2.24, 2.45) is 4.99 Å². The average molecular weight is 399 g/mol. The van der Waals surface area contributed by atoms with Crippen molar-refractivity contribution >= 4 is 45.2 Å². The number of thiazole rings is 1. The molecule has 0 radical (unpaired) electrons. The molecule has 7 heteroatoms. The van der Waals surface area contributed by atoms with Gasteiger partial charge in [-0.3, -0.25) is 4.79 Å². The number of ether oxygens (including phenoxy) is 1. The summed E-state index contributed by atoms with van der Waals surface area (Å²) in [5.41, 5.74) is 1.92. The molecule has 3 rings (SSSR count). The fourth-order valence-corrected chi connectivity index (χ4v) is 4.34. The van der Waals surface area contributed by atoms with Crippen LogP contribution in [0.15, 0.2) is 65.0 Å². The molecule has 3 aromatic rings. The van der Waals surface area contributed by atoms with Crippen LogP contribution in [0.2, 0.25) is 0 Å². The van der Waals surface area contributed by atoms with E-state index in [9.17, 15) is 9.59 Å². The minimum Gasteiger partial charge on any atom is -0.465 e. The normalized spacial score (nSPS) is 11.6. The Hall–Kier alpha value is -2.64. The minimum absolute atomic E-state index is 0.294. The van der Waals surface area contributed by atoms with Crippen LogP contribution in [0.4, 0.5) is 0 Å². The number of rotatable bonds is 5. The van der Waals surface area contributed by atoms with Gasteiger partial charge in [0.2, 0.25) is 0 Å². The Morgan fingerprint density at radius 1 is 1.30 bits per heavy atom. The van der Waals surface area contributed by atoms with Crippen LogP contribution in [-0.2, 0) is 11.3 Å². The third kappa shape index (κ3) is 3.89. The first-order chi connectivity index (χ1) is 13.1. The summed E-state index contributed by atoms with van der Waals surface area (Å²) in [6.07, 6.45) is 3.68. The van der Waals surface area contributed by atoms with Gasteiger partial charge >= 0.3 is 5.97 Å². The first kappa shape index (κ1) is 19.1. The van der Waals surface area contributed by atoms with E-state index in [1.807, 2.05) is 35.1 Å². The predicted molar refractivity (Wildman–Crippen MR) is 109 cm³/mol. The Labute approximate surface area is 165 Å². The van der Waals surface area contributed by atoms with Gasteiger partial charge in [-0.1, -0.05) is 29.5 Å². The van der Waals surface area contributed by atoms with Gasteiger partial charge in [0.15, 0.2) is 4.80 Å². The van der Waals surface area contributed by atoms with Crippen molar-refractivity contribution in [3.8, 4) is 0 Å². The molecular formula is C20H18N2O3S2. The molecule has 138 valence electrons. The summed E-state index contributed by atoms with van der Waals surface area (Å²) >= 11 is 2.87. The van der Waals surface area contributed by atoms with E-state index in [0.29, 0.717) is 22.5 Å². The lowest BCUT2D eigenvalue weighted by atomic mass is 10.2. The number of carbonyl (C=O) groups excluding carboxylic acids is 2. The molecule has 0 saturated carbocycles. The molecule has 0 bridgehead atoms. The Morgan fingerprint density at radius 3 is 2.78 bits per heavy atom. The van der Waals surface area contributed by atoms with Crippen molar-refractivity contribution < 1.29 is 14.3 Å². The first-order valence-corrected chi connectivity index (χ1v) is 10.2. The molecule has 27 heavy (non-hydrogen) atoms. The van der Waals surface area contributed by atoms with Gasteiger partial charge in [-0.2, -0.15) is 4.99 Å². The van der Waals surface area contributed by atoms with Crippen LogP contribution in [-0.4, -0.2) is 29.8 Å². The number of amides is 1. The molecule has 0 unspecified atom stereocenters. The molecule has 0 aliphatic rings. The summed E-state index contributed by atoms with van der Waals surface area (Å²) in [6, 6.07) is 12.7. The van der Waals surface area contributed by atoms with E-state index >= 15 is 0 Å². The number of aromatic nitrogens is 1. The smallest absolute Gasteiger partial charge is 0.337 e. The third-order valence-electron chi connectivity index (χ3n) is 3.95. The topological polar surface area (TPSA) is 60.7 Å². The Bertz CT molecular complexity index is 1100. The molecule has 0 saturated heterocycles. The predicted octanol–water partition coefficient (Wildman–Crippen LogP) is 4.14. The number of hydrogen-bond acceptors (Lipinski definition) is 5. The van der Waals surface area contributed by atoms with Crippen LogP contribution in [0.1, 0.15) is 20.7 Å². The quantitative estimate of drug-likeness (QED) is 0.368. The molecule has 5 nitrogen and oxygen atoms in total. The zero-order valence-electron chi connectivity index (χ0n) is 15.0. The van der Waals surface area contributed by atoms with Crippen molar-refractivity contribution in [1.29, 1.82) is 0 Å². The second-order valence-electron chi connectivity index (χ2n) is 5.58. The molecule has 1 aromatic heterocycles. The van der Waals surface area contributed by atoms with Gasteiger partial charge in [-0.05, 0) is 36.6 Å². The van der Waals surface area contributed by atoms with E-state index in [1.165, 1.54) is 30.2 Å². The molecule has 2 aromatic carbocycles. The van der Waals surface area contributed by atoms with Crippen LogP contribution in [0.5, 0.6) is 0 Å². The standard InChI is InChI=1S/C20H18N2O3S2/c1-4-11-22-15-10-9-13(19(24)25-2)12-17(15)27-20(22)21-18(23)14-7-5-6-8-16(14)26-3/h4-10,12H,1,11H2,2-3H3. The second kappa shape index (κ2) is 8.37. The number of thioether (sulfide) groups is 1.